The highest BCUT2D eigenvalue weighted by Gasteiger charge is 2.19. The van der Waals surface area contributed by atoms with Crippen LogP contribution in [0, 0.1) is 0 Å². The van der Waals surface area contributed by atoms with Crippen molar-refractivity contribution in [2.45, 2.75) is 25.4 Å². The minimum atomic E-state index is -0.140. The van der Waals surface area contributed by atoms with Crippen LogP contribution in [-0.2, 0) is 4.74 Å². The number of fused-ring (bicyclic) bond motifs is 1. The number of anilines is 1. The lowest BCUT2D eigenvalue weighted by Crippen LogP contribution is -2.35. The van der Waals surface area contributed by atoms with Crippen molar-refractivity contribution in [2.75, 3.05) is 18.9 Å². The topological polar surface area (TPSA) is 64.4 Å². The molecule has 6 heteroatoms. The largest absolute Gasteiger partial charge is 0.397 e. The molecule has 0 spiro atoms. The van der Waals surface area contributed by atoms with Crippen LogP contribution in [0.25, 0.3) is 10.1 Å². The molecule has 3 N–H and O–H groups in total. The molecule has 3 rings (SSSR count). The Kier molecular flexibility index (Phi) is 4.33. The number of nitrogens with one attached hydrogen (secondary N) is 1. The van der Waals surface area contributed by atoms with Crippen molar-refractivity contribution in [1.82, 2.24) is 5.32 Å². The second-order valence-corrected chi connectivity index (χ2v) is 6.67. The van der Waals surface area contributed by atoms with Crippen molar-refractivity contribution in [3.8, 4) is 0 Å². The Hall–Kier alpha value is -1.30. The van der Waals surface area contributed by atoms with Crippen molar-refractivity contribution in [3.05, 3.63) is 28.1 Å². The third-order valence-corrected chi connectivity index (χ3v) is 5.08. The van der Waals surface area contributed by atoms with Gasteiger partial charge in [-0.15, -0.1) is 11.3 Å². The first-order valence-electron chi connectivity index (χ1n) is 7.02. The van der Waals surface area contributed by atoms with Gasteiger partial charge in [-0.05, 0) is 37.5 Å². The molecule has 112 valence electrons. The monoisotopic (exact) mass is 324 g/mol. The first kappa shape index (κ1) is 14.6. The van der Waals surface area contributed by atoms with Crippen molar-refractivity contribution < 1.29 is 9.53 Å². The summed E-state index contributed by atoms with van der Waals surface area (Å²) in [5, 5.41) is 4.38. The lowest BCUT2D eigenvalue weighted by Gasteiger charge is -2.22. The van der Waals surface area contributed by atoms with Gasteiger partial charge in [0.2, 0.25) is 0 Å². The van der Waals surface area contributed by atoms with Crippen LogP contribution in [0.15, 0.2) is 18.2 Å². The van der Waals surface area contributed by atoms with Gasteiger partial charge in [0, 0.05) is 28.3 Å². The van der Waals surface area contributed by atoms with Crippen LogP contribution in [0.2, 0.25) is 5.02 Å². The lowest BCUT2D eigenvalue weighted by atomic mass is 10.1. The number of halogens is 1. The van der Waals surface area contributed by atoms with E-state index in [9.17, 15) is 4.79 Å². The maximum absolute atomic E-state index is 12.3. The van der Waals surface area contributed by atoms with Crippen LogP contribution in [0.5, 0.6) is 0 Å². The molecule has 0 radical (unpaired) electrons. The van der Waals surface area contributed by atoms with E-state index in [4.69, 9.17) is 22.1 Å². The van der Waals surface area contributed by atoms with E-state index in [1.165, 1.54) is 11.3 Å². The van der Waals surface area contributed by atoms with Gasteiger partial charge >= 0.3 is 0 Å². The molecule has 1 aromatic carbocycles. The Morgan fingerprint density at radius 1 is 1.48 bits per heavy atom. The van der Waals surface area contributed by atoms with E-state index in [0.717, 1.165) is 36.0 Å². The van der Waals surface area contributed by atoms with E-state index in [0.29, 0.717) is 22.1 Å². The van der Waals surface area contributed by atoms with Gasteiger partial charge < -0.3 is 15.8 Å². The number of hydrogen-bond donors (Lipinski definition) is 2. The zero-order valence-electron chi connectivity index (χ0n) is 11.5. The Labute approximate surface area is 132 Å². The van der Waals surface area contributed by atoms with E-state index in [1.54, 1.807) is 12.1 Å². The molecule has 0 bridgehead atoms. The first-order chi connectivity index (χ1) is 10.1. The SMILES string of the molecule is Nc1c(C(=O)NCC2CCCCO2)sc2ccc(Cl)cc12. The molecule has 1 atom stereocenters. The Balaban J connectivity index is 1.73. The number of rotatable bonds is 3. The van der Waals surface area contributed by atoms with Gasteiger partial charge in [0.05, 0.1) is 11.8 Å². The number of nitrogen functional groups attached to an aromatic ring is 1. The number of benzene rings is 1. The minimum absolute atomic E-state index is 0.118. The van der Waals surface area contributed by atoms with Crippen LogP contribution in [0.4, 0.5) is 5.69 Å². The van der Waals surface area contributed by atoms with E-state index in [1.807, 2.05) is 6.07 Å². The fourth-order valence-corrected chi connectivity index (χ4v) is 3.70. The van der Waals surface area contributed by atoms with E-state index in [-0.39, 0.29) is 12.0 Å². The van der Waals surface area contributed by atoms with Gasteiger partial charge in [0.15, 0.2) is 0 Å². The molecule has 0 saturated carbocycles. The van der Waals surface area contributed by atoms with Crippen molar-refractivity contribution in [3.63, 3.8) is 0 Å². The maximum Gasteiger partial charge on any atom is 0.263 e. The summed E-state index contributed by atoms with van der Waals surface area (Å²) in [6, 6.07) is 5.49. The fraction of sp³-hybridized carbons (Fsp3) is 0.400. The number of amides is 1. The predicted octanol–water partition coefficient (Wildman–Crippen LogP) is 3.44. The Bertz CT molecular complexity index is 665. The minimum Gasteiger partial charge on any atom is -0.397 e. The maximum atomic E-state index is 12.3. The van der Waals surface area contributed by atoms with E-state index in [2.05, 4.69) is 5.32 Å². The summed E-state index contributed by atoms with van der Waals surface area (Å²) in [5.41, 5.74) is 6.58. The van der Waals surface area contributed by atoms with Crippen molar-refractivity contribution >= 4 is 44.6 Å². The van der Waals surface area contributed by atoms with E-state index < -0.39 is 0 Å². The number of ether oxygens (including phenoxy) is 1. The number of thiophene rings is 1. The molecule has 2 aromatic rings. The molecular weight excluding hydrogens is 308 g/mol. The smallest absolute Gasteiger partial charge is 0.263 e. The molecule has 1 aromatic heterocycles. The summed E-state index contributed by atoms with van der Waals surface area (Å²) >= 11 is 7.36. The molecule has 1 saturated heterocycles. The highest BCUT2D eigenvalue weighted by molar-refractivity contribution is 7.21. The lowest BCUT2D eigenvalue weighted by molar-refractivity contribution is 0.0169. The number of hydrogen-bond acceptors (Lipinski definition) is 4. The molecule has 1 amide bonds. The molecule has 1 aliphatic heterocycles. The average molecular weight is 325 g/mol. The quantitative estimate of drug-likeness (QED) is 0.909. The molecule has 1 unspecified atom stereocenters. The number of nitrogens with two attached hydrogens (primary N) is 1. The predicted molar refractivity (Wildman–Crippen MR) is 87.2 cm³/mol. The summed E-state index contributed by atoms with van der Waals surface area (Å²) < 4.78 is 6.58. The standard InChI is InChI=1S/C15H17ClN2O2S/c16-9-4-5-12-11(7-9)13(17)14(21-12)15(19)18-8-10-3-1-2-6-20-10/h4-5,7,10H,1-3,6,8,17H2,(H,18,19). The summed E-state index contributed by atoms with van der Waals surface area (Å²) in [5.74, 6) is -0.140. The highest BCUT2D eigenvalue weighted by atomic mass is 35.5. The zero-order valence-corrected chi connectivity index (χ0v) is 13.1. The fourth-order valence-electron chi connectivity index (χ4n) is 2.51. The molecule has 2 heterocycles. The molecule has 1 fully saturated rings. The van der Waals surface area contributed by atoms with Crippen molar-refractivity contribution in [1.29, 1.82) is 0 Å². The van der Waals surface area contributed by atoms with Crippen LogP contribution in [-0.4, -0.2) is 25.2 Å². The van der Waals surface area contributed by atoms with Gasteiger partial charge in [-0.2, -0.15) is 0 Å². The van der Waals surface area contributed by atoms with E-state index >= 15 is 0 Å². The van der Waals surface area contributed by atoms with Crippen LogP contribution < -0.4 is 11.1 Å². The van der Waals surface area contributed by atoms with Crippen molar-refractivity contribution in [2.24, 2.45) is 0 Å². The summed E-state index contributed by atoms with van der Waals surface area (Å²) in [6.07, 6.45) is 3.38. The Morgan fingerprint density at radius 3 is 3.10 bits per heavy atom. The molecule has 21 heavy (non-hydrogen) atoms. The van der Waals surface area contributed by atoms with Crippen LogP contribution >= 0.6 is 22.9 Å². The van der Waals surface area contributed by atoms with Crippen LogP contribution in [0.3, 0.4) is 0 Å². The zero-order chi connectivity index (χ0) is 14.8. The summed E-state index contributed by atoms with van der Waals surface area (Å²) in [4.78, 5) is 12.8. The third-order valence-electron chi connectivity index (χ3n) is 3.66. The van der Waals surface area contributed by atoms with Gasteiger partial charge in [-0.3, -0.25) is 4.79 Å². The second kappa shape index (κ2) is 6.22. The van der Waals surface area contributed by atoms with Gasteiger partial charge in [-0.25, -0.2) is 0 Å². The Morgan fingerprint density at radius 2 is 2.33 bits per heavy atom. The first-order valence-corrected chi connectivity index (χ1v) is 8.22. The number of carbonyl (C=O) groups is 1. The third kappa shape index (κ3) is 3.15. The molecular formula is C15H17ClN2O2S. The number of carbonyl (C=O) groups excluding carboxylic acids is 1. The molecule has 4 nitrogen and oxygen atoms in total. The molecule has 1 aliphatic rings. The van der Waals surface area contributed by atoms with Gasteiger partial charge in [0.1, 0.15) is 4.88 Å². The summed E-state index contributed by atoms with van der Waals surface area (Å²) in [7, 11) is 0. The van der Waals surface area contributed by atoms with Crippen LogP contribution in [0.1, 0.15) is 28.9 Å². The highest BCUT2D eigenvalue weighted by Crippen LogP contribution is 2.35. The van der Waals surface area contributed by atoms with Gasteiger partial charge in [-0.1, -0.05) is 11.6 Å². The van der Waals surface area contributed by atoms with Gasteiger partial charge in [0.25, 0.3) is 5.91 Å². The molecule has 0 aliphatic carbocycles. The summed E-state index contributed by atoms with van der Waals surface area (Å²) in [6.45, 7) is 1.32. The second-order valence-electron chi connectivity index (χ2n) is 5.18. The average Bonchev–Trinajstić information content (AvgIpc) is 2.83. The normalized spacial score (nSPS) is 18.8.